The number of rotatable bonds is 7. The van der Waals surface area contributed by atoms with E-state index in [1.54, 1.807) is 19.2 Å². The molecule has 1 aliphatic heterocycles. The second kappa shape index (κ2) is 9.01. The number of amides is 1. The average Bonchev–Trinajstić information content (AvgIpc) is 3.10. The number of piperidine rings is 1. The van der Waals surface area contributed by atoms with Crippen LogP contribution < -0.4 is 5.32 Å². The van der Waals surface area contributed by atoms with E-state index in [1.165, 1.54) is 31.5 Å². The van der Waals surface area contributed by atoms with Crippen molar-refractivity contribution < 1.29 is 13.9 Å². The number of likely N-dealkylation sites (tertiary alicyclic amines) is 1. The number of hydrogen-bond acceptors (Lipinski definition) is 4. The molecule has 0 aliphatic carbocycles. The summed E-state index contributed by atoms with van der Waals surface area (Å²) >= 11 is 0. The lowest BCUT2D eigenvalue weighted by Gasteiger charge is -2.30. The maximum atomic E-state index is 12.1. The van der Waals surface area contributed by atoms with Crippen LogP contribution in [0.15, 0.2) is 40.8 Å². The van der Waals surface area contributed by atoms with Gasteiger partial charge >= 0.3 is 0 Å². The number of nitrogens with zero attached hydrogens (tertiary/aromatic N) is 1. The van der Waals surface area contributed by atoms with E-state index in [4.69, 9.17) is 9.15 Å². The van der Waals surface area contributed by atoms with Crippen molar-refractivity contribution in [1.82, 2.24) is 10.2 Å². The van der Waals surface area contributed by atoms with Crippen molar-refractivity contribution in [2.24, 2.45) is 5.92 Å². The Labute approximate surface area is 155 Å². The van der Waals surface area contributed by atoms with Crippen molar-refractivity contribution in [3.63, 3.8) is 0 Å². The van der Waals surface area contributed by atoms with E-state index in [-0.39, 0.29) is 5.91 Å². The van der Waals surface area contributed by atoms with Crippen LogP contribution in [0, 0.1) is 5.92 Å². The number of nitrogens with one attached hydrogen (secondary N) is 1. The van der Waals surface area contributed by atoms with Crippen molar-refractivity contribution in [3.8, 4) is 0 Å². The van der Waals surface area contributed by atoms with Crippen LogP contribution in [-0.2, 0) is 24.4 Å². The van der Waals surface area contributed by atoms with Crippen LogP contribution in [-0.4, -0.2) is 31.0 Å². The number of carbonyl (C=O) groups is 1. The van der Waals surface area contributed by atoms with Crippen LogP contribution in [0.25, 0.3) is 0 Å². The minimum Gasteiger partial charge on any atom is -0.453 e. The SMILES string of the molecule is COCc1ccc(C(=O)NCc2ccc(CN3CCCC(C)C3)cc2)o1. The van der Waals surface area contributed by atoms with E-state index in [9.17, 15) is 4.79 Å². The van der Waals surface area contributed by atoms with Gasteiger partial charge in [0.05, 0.1) is 0 Å². The normalized spacial score (nSPS) is 18.0. The molecule has 1 aromatic carbocycles. The lowest BCUT2D eigenvalue weighted by molar-refractivity contribution is 0.0914. The highest BCUT2D eigenvalue weighted by atomic mass is 16.5. The summed E-state index contributed by atoms with van der Waals surface area (Å²) in [5.74, 6) is 1.55. The van der Waals surface area contributed by atoms with E-state index in [2.05, 4.69) is 41.4 Å². The van der Waals surface area contributed by atoms with Gasteiger partial charge in [-0.3, -0.25) is 9.69 Å². The molecule has 1 amide bonds. The summed E-state index contributed by atoms with van der Waals surface area (Å²) in [4.78, 5) is 14.7. The van der Waals surface area contributed by atoms with Crippen LogP contribution >= 0.6 is 0 Å². The molecule has 1 atom stereocenters. The molecule has 1 aromatic heterocycles. The fourth-order valence-electron chi connectivity index (χ4n) is 3.44. The van der Waals surface area contributed by atoms with E-state index >= 15 is 0 Å². The van der Waals surface area contributed by atoms with Crippen molar-refractivity contribution in [3.05, 3.63) is 59.0 Å². The first-order valence-corrected chi connectivity index (χ1v) is 9.30. The maximum absolute atomic E-state index is 12.1. The summed E-state index contributed by atoms with van der Waals surface area (Å²) in [6.45, 7) is 6.56. The largest absolute Gasteiger partial charge is 0.453 e. The highest BCUT2D eigenvalue weighted by molar-refractivity contribution is 5.91. The molecule has 2 aromatic rings. The molecule has 3 rings (SSSR count). The molecule has 0 saturated carbocycles. The molecular formula is C21H28N2O3. The molecule has 1 fully saturated rings. The molecule has 2 heterocycles. The Morgan fingerprint density at radius 2 is 2.00 bits per heavy atom. The standard InChI is InChI=1S/C21H28N2O3/c1-16-4-3-11-23(13-16)14-18-7-5-17(6-8-18)12-22-21(24)20-10-9-19(26-20)15-25-2/h5-10,16H,3-4,11-15H2,1-2H3,(H,22,24). The molecule has 0 spiro atoms. The van der Waals surface area contributed by atoms with Gasteiger partial charge in [0.1, 0.15) is 12.4 Å². The molecular weight excluding hydrogens is 328 g/mol. The van der Waals surface area contributed by atoms with Gasteiger partial charge in [0.2, 0.25) is 0 Å². The fraction of sp³-hybridized carbons (Fsp3) is 0.476. The molecule has 1 saturated heterocycles. The van der Waals surface area contributed by atoms with E-state index in [1.807, 2.05) is 0 Å². The molecule has 1 aliphatic rings. The highest BCUT2D eigenvalue weighted by Crippen LogP contribution is 2.18. The van der Waals surface area contributed by atoms with E-state index in [0.717, 1.165) is 18.0 Å². The minimum absolute atomic E-state index is 0.210. The number of methoxy groups -OCH3 is 1. The van der Waals surface area contributed by atoms with Crippen LogP contribution in [0.2, 0.25) is 0 Å². The van der Waals surface area contributed by atoms with Crippen molar-refractivity contribution in [2.75, 3.05) is 20.2 Å². The summed E-state index contributed by atoms with van der Waals surface area (Å²) in [5.41, 5.74) is 2.40. The third-order valence-electron chi connectivity index (χ3n) is 4.80. The number of benzene rings is 1. The third-order valence-corrected chi connectivity index (χ3v) is 4.80. The molecule has 5 heteroatoms. The van der Waals surface area contributed by atoms with Gasteiger partial charge in [-0.2, -0.15) is 0 Å². The van der Waals surface area contributed by atoms with Gasteiger partial charge in [-0.05, 0) is 48.6 Å². The molecule has 140 valence electrons. The Bertz CT molecular complexity index is 708. The van der Waals surface area contributed by atoms with Crippen LogP contribution in [0.5, 0.6) is 0 Å². The topological polar surface area (TPSA) is 54.7 Å². The molecule has 1 unspecified atom stereocenters. The number of ether oxygens (including phenoxy) is 1. The first-order valence-electron chi connectivity index (χ1n) is 9.30. The average molecular weight is 356 g/mol. The lowest BCUT2D eigenvalue weighted by Crippen LogP contribution is -2.33. The van der Waals surface area contributed by atoms with Gasteiger partial charge < -0.3 is 14.5 Å². The van der Waals surface area contributed by atoms with Crippen molar-refractivity contribution in [1.29, 1.82) is 0 Å². The number of furan rings is 1. The summed E-state index contributed by atoms with van der Waals surface area (Å²) in [6.07, 6.45) is 2.64. The summed E-state index contributed by atoms with van der Waals surface area (Å²) in [5, 5.41) is 2.89. The zero-order valence-corrected chi connectivity index (χ0v) is 15.7. The molecule has 5 nitrogen and oxygen atoms in total. The van der Waals surface area contributed by atoms with Gasteiger partial charge in [-0.15, -0.1) is 0 Å². The first kappa shape index (κ1) is 18.7. The number of carbonyl (C=O) groups excluding carboxylic acids is 1. The van der Waals surface area contributed by atoms with Gasteiger partial charge in [0, 0.05) is 26.7 Å². The maximum Gasteiger partial charge on any atom is 0.287 e. The number of hydrogen-bond donors (Lipinski definition) is 1. The zero-order chi connectivity index (χ0) is 18.4. The van der Waals surface area contributed by atoms with Gasteiger partial charge in [0.25, 0.3) is 5.91 Å². The molecule has 0 radical (unpaired) electrons. The van der Waals surface area contributed by atoms with Gasteiger partial charge in [0.15, 0.2) is 5.76 Å². The van der Waals surface area contributed by atoms with E-state index < -0.39 is 0 Å². The fourth-order valence-corrected chi connectivity index (χ4v) is 3.44. The highest BCUT2D eigenvalue weighted by Gasteiger charge is 2.16. The van der Waals surface area contributed by atoms with Crippen LogP contribution in [0.3, 0.4) is 0 Å². The summed E-state index contributed by atoms with van der Waals surface area (Å²) < 4.78 is 10.4. The molecule has 26 heavy (non-hydrogen) atoms. The van der Waals surface area contributed by atoms with Crippen molar-refractivity contribution in [2.45, 2.75) is 39.5 Å². The van der Waals surface area contributed by atoms with Crippen LogP contribution in [0.4, 0.5) is 0 Å². The van der Waals surface area contributed by atoms with Gasteiger partial charge in [-0.25, -0.2) is 0 Å². The van der Waals surface area contributed by atoms with Crippen LogP contribution in [0.1, 0.15) is 47.2 Å². The first-order chi connectivity index (χ1) is 12.6. The monoisotopic (exact) mass is 356 g/mol. The Morgan fingerprint density at radius 3 is 2.73 bits per heavy atom. The summed E-state index contributed by atoms with van der Waals surface area (Å²) in [6, 6.07) is 11.9. The zero-order valence-electron chi connectivity index (χ0n) is 15.7. The van der Waals surface area contributed by atoms with Gasteiger partial charge in [-0.1, -0.05) is 31.2 Å². The molecule has 1 N–H and O–H groups in total. The predicted octanol–water partition coefficient (Wildman–Crippen LogP) is 3.59. The third kappa shape index (κ3) is 5.19. The summed E-state index contributed by atoms with van der Waals surface area (Å²) in [7, 11) is 1.60. The molecule has 0 bridgehead atoms. The Morgan fingerprint density at radius 1 is 1.23 bits per heavy atom. The Kier molecular flexibility index (Phi) is 6.47. The quantitative estimate of drug-likeness (QED) is 0.824. The Hall–Kier alpha value is -2.11. The minimum atomic E-state index is -0.210. The Balaban J connectivity index is 1.48. The van der Waals surface area contributed by atoms with E-state index in [0.29, 0.717) is 24.7 Å². The lowest BCUT2D eigenvalue weighted by atomic mass is 9.99. The predicted molar refractivity (Wildman–Crippen MR) is 101 cm³/mol. The second-order valence-electron chi connectivity index (χ2n) is 7.18. The second-order valence-corrected chi connectivity index (χ2v) is 7.18. The van der Waals surface area contributed by atoms with Crippen molar-refractivity contribution >= 4 is 5.91 Å². The smallest absolute Gasteiger partial charge is 0.287 e.